The monoisotopic (exact) mass is 426 g/mol. The fraction of sp³-hybridized carbons (Fsp3) is 0.368. The molecule has 3 heterocycles. The molecule has 31 heavy (non-hydrogen) atoms. The topological polar surface area (TPSA) is 151 Å². The van der Waals surface area contributed by atoms with Crippen LogP contribution in [0.2, 0.25) is 0 Å². The molecule has 1 aromatic carbocycles. The summed E-state index contributed by atoms with van der Waals surface area (Å²) in [6.07, 6.45) is 2.54. The Labute approximate surface area is 178 Å². The van der Waals surface area contributed by atoms with E-state index in [0.29, 0.717) is 25.5 Å². The number of hydrogen-bond donors (Lipinski definition) is 3. The highest BCUT2D eigenvalue weighted by Gasteiger charge is 2.28. The summed E-state index contributed by atoms with van der Waals surface area (Å²) in [5.41, 5.74) is 11.1. The number of nitrogens with one attached hydrogen (secondary N) is 2. The summed E-state index contributed by atoms with van der Waals surface area (Å²) in [6, 6.07) is 7.93. The molecule has 0 radical (unpaired) electrons. The average molecular weight is 426 g/mol. The molecule has 0 bridgehead atoms. The largest absolute Gasteiger partial charge is 0.378 e. The van der Waals surface area contributed by atoms with Gasteiger partial charge in [-0.2, -0.15) is 9.78 Å². The zero-order valence-corrected chi connectivity index (χ0v) is 17.1. The Morgan fingerprint density at radius 2 is 2.06 bits per heavy atom. The number of nitrogens with two attached hydrogens (primary N) is 1. The van der Waals surface area contributed by atoms with E-state index in [9.17, 15) is 4.79 Å². The van der Waals surface area contributed by atoms with E-state index < -0.39 is 5.91 Å². The van der Waals surface area contributed by atoms with Crippen molar-refractivity contribution in [2.24, 2.45) is 5.10 Å². The van der Waals surface area contributed by atoms with Gasteiger partial charge in [0.05, 0.1) is 19.4 Å². The lowest BCUT2D eigenvalue weighted by Crippen LogP contribution is -3.12. The van der Waals surface area contributed by atoms with Crippen LogP contribution in [-0.4, -0.2) is 63.7 Å². The number of nitrogen functional groups attached to an aromatic ring is 1. The highest BCUT2D eigenvalue weighted by atomic mass is 16.6. The summed E-state index contributed by atoms with van der Waals surface area (Å²) in [5, 5.41) is 19.5. The Hall–Kier alpha value is -3.64. The van der Waals surface area contributed by atoms with Gasteiger partial charge in [-0.15, -0.1) is 5.10 Å². The molecule has 4 rings (SSSR count). The van der Waals surface area contributed by atoms with Crippen LogP contribution < -0.4 is 16.1 Å². The lowest BCUT2D eigenvalue weighted by molar-refractivity contribution is -0.921. The maximum atomic E-state index is 12.8. The minimum Gasteiger partial charge on any atom is -0.378 e. The summed E-state index contributed by atoms with van der Waals surface area (Å²) in [4.78, 5) is 14.0. The Balaban J connectivity index is 1.54. The van der Waals surface area contributed by atoms with E-state index >= 15 is 0 Å². The van der Waals surface area contributed by atoms with Crippen LogP contribution in [0.15, 0.2) is 34.0 Å². The van der Waals surface area contributed by atoms with E-state index in [4.69, 9.17) is 10.5 Å². The van der Waals surface area contributed by atoms with Crippen LogP contribution in [0.25, 0.3) is 5.82 Å². The van der Waals surface area contributed by atoms with E-state index in [2.05, 4.69) is 42.7 Å². The van der Waals surface area contributed by atoms with Gasteiger partial charge in [-0.05, 0) is 27.9 Å². The van der Waals surface area contributed by atoms with Crippen LogP contribution in [-0.2, 0) is 17.7 Å². The van der Waals surface area contributed by atoms with Gasteiger partial charge in [0.1, 0.15) is 25.3 Å². The smallest absolute Gasteiger partial charge is 0.294 e. The minimum atomic E-state index is -0.481. The first kappa shape index (κ1) is 20.6. The van der Waals surface area contributed by atoms with Crippen LogP contribution in [0.3, 0.4) is 0 Å². The number of hydrazone groups is 1. The molecule has 2 aromatic heterocycles. The van der Waals surface area contributed by atoms with Crippen LogP contribution in [0.1, 0.15) is 34.2 Å². The number of anilines is 1. The number of ether oxygens (including phenoxy) is 1. The lowest BCUT2D eigenvalue weighted by Gasteiger charge is -2.23. The SMILES string of the molecule is CCc1ccc(/C=N\NC(=O)c2nnn(-c3nonc3N)c2C[NH+]2CCOCC2)cc1. The van der Waals surface area contributed by atoms with E-state index in [1.54, 1.807) is 6.21 Å². The number of carbonyl (C=O) groups excluding carboxylic acids is 1. The summed E-state index contributed by atoms with van der Waals surface area (Å²) in [7, 11) is 0. The molecule has 0 saturated carbocycles. The fourth-order valence-corrected chi connectivity index (χ4v) is 3.28. The Morgan fingerprint density at radius 1 is 1.29 bits per heavy atom. The molecule has 1 aliphatic heterocycles. The summed E-state index contributed by atoms with van der Waals surface area (Å²) in [5.74, 6) is -0.234. The molecular formula is C19H24N9O3+. The highest BCUT2D eigenvalue weighted by molar-refractivity contribution is 5.94. The first-order valence-corrected chi connectivity index (χ1v) is 10.0. The highest BCUT2D eigenvalue weighted by Crippen LogP contribution is 2.15. The normalized spacial score (nSPS) is 14.9. The molecule has 1 aliphatic rings. The quantitative estimate of drug-likeness (QED) is 0.321. The molecule has 1 fully saturated rings. The maximum absolute atomic E-state index is 12.8. The zero-order valence-electron chi connectivity index (χ0n) is 17.1. The van der Waals surface area contributed by atoms with Crippen molar-refractivity contribution in [3.63, 3.8) is 0 Å². The summed E-state index contributed by atoms with van der Waals surface area (Å²) >= 11 is 0. The van der Waals surface area contributed by atoms with Crippen molar-refractivity contribution in [2.75, 3.05) is 32.0 Å². The van der Waals surface area contributed by atoms with Gasteiger partial charge in [0, 0.05) is 0 Å². The number of quaternary nitrogens is 1. The fourth-order valence-electron chi connectivity index (χ4n) is 3.28. The molecule has 0 atom stereocenters. The molecule has 0 unspecified atom stereocenters. The number of morpholine rings is 1. The van der Waals surface area contributed by atoms with E-state index in [0.717, 1.165) is 25.1 Å². The van der Waals surface area contributed by atoms with Crippen molar-refractivity contribution < 1.29 is 19.1 Å². The molecule has 4 N–H and O–H groups in total. The van der Waals surface area contributed by atoms with Gasteiger partial charge in [-0.25, -0.2) is 10.1 Å². The van der Waals surface area contributed by atoms with Gasteiger partial charge < -0.3 is 15.4 Å². The number of hydrogen-bond acceptors (Lipinski definition) is 9. The third-order valence-electron chi connectivity index (χ3n) is 5.06. The number of carbonyl (C=O) groups is 1. The standard InChI is InChI=1S/C19H23N9O3/c1-2-13-3-5-14(6-4-13)11-21-23-19(29)16-15(12-27-7-9-30-10-8-27)28(26-22-16)18-17(20)24-31-25-18/h3-6,11H,2,7-10,12H2,1H3,(H2,20,24)(H,23,29)/p+1/b21-11-. The van der Waals surface area contributed by atoms with Crippen molar-refractivity contribution in [3.05, 3.63) is 46.8 Å². The molecule has 3 aromatic rings. The molecular weight excluding hydrogens is 402 g/mol. The zero-order chi connectivity index (χ0) is 21.6. The molecule has 1 amide bonds. The van der Waals surface area contributed by atoms with Gasteiger partial charge >= 0.3 is 0 Å². The van der Waals surface area contributed by atoms with Crippen molar-refractivity contribution >= 4 is 17.9 Å². The van der Waals surface area contributed by atoms with Gasteiger partial charge in [0.25, 0.3) is 5.91 Å². The van der Waals surface area contributed by atoms with Crippen LogP contribution >= 0.6 is 0 Å². The second-order valence-electron chi connectivity index (χ2n) is 7.10. The predicted molar refractivity (Wildman–Crippen MR) is 110 cm³/mol. The number of aryl methyl sites for hydroxylation is 1. The lowest BCUT2D eigenvalue weighted by atomic mass is 10.1. The molecule has 1 saturated heterocycles. The van der Waals surface area contributed by atoms with Crippen LogP contribution in [0.5, 0.6) is 0 Å². The van der Waals surface area contributed by atoms with Crippen molar-refractivity contribution in [1.29, 1.82) is 0 Å². The Bertz CT molecular complexity index is 1050. The van der Waals surface area contributed by atoms with Crippen molar-refractivity contribution in [1.82, 2.24) is 30.7 Å². The first-order chi connectivity index (χ1) is 15.2. The maximum Gasteiger partial charge on any atom is 0.294 e. The van der Waals surface area contributed by atoms with Crippen molar-refractivity contribution in [3.8, 4) is 5.82 Å². The van der Waals surface area contributed by atoms with E-state index in [-0.39, 0.29) is 17.3 Å². The summed E-state index contributed by atoms with van der Waals surface area (Å²) < 4.78 is 11.5. The first-order valence-electron chi connectivity index (χ1n) is 10.0. The van der Waals surface area contributed by atoms with E-state index in [1.165, 1.54) is 15.1 Å². The summed E-state index contributed by atoms with van der Waals surface area (Å²) in [6.45, 7) is 5.46. The second kappa shape index (κ2) is 9.45. The van der Waals surface area contributed by atoms with Gasteiger partial charge in [0.15, 0.2) is 5.69 Å². The van der Waals surface area contributed by atoms with Gasteiger partial charge in [0.2, 0.25) is 11.6 Å². The third-order valence-corrected chi connectivity index (χ3v) is 5.06. The van der Waals surface area contributed by atoms with Gasteiger partial charge in [-0.3, -0.25) is 4.79 Å². The van der Waals surface area contributed by atoms with Crippen molar-refractivity contribution in [2.45, 2.75) is 19.9 Å². The van der Waals surface area contributed by atoms with Gasteiger partial charge in [-0.1, -0.05) is 36.4 Å². The molecule has 12 nitrogen and oxygen atoms in total. The molecule has 0 spiro atoms. The number of rotatable bonds is 7. The predicted octanol–water partition coefficient (Wildman–Crippen LogP) is -1.03. The van der Waals surface area contributed by atoms with Crippen LogP contribution in [0, 0.1) is 0 Å². The number of nitrogens with zero attached hydrogens (tertiary/aromatic N) is 6. The number of amides is 1. The third kappa shape index (κ3) is 4.75. The molecule has 162 valence electrons. The molecule has 0 aliphatic carbocycles. The molecule has 12 heteroatoms. The number of benzene rings is 1. The van der Waals surface area contributed by atoms with Crippen LogP contribution in [0.4, 0.5) is 5.82 Å². The average Bonchev–Trinajstić information content (AvgIpc) is 3.40. The van der Waals surface area contributed by atoms with E-state index in [1.807, 2.05) is 24.3 Å². The Kier molecular flexibility index (Phi) is 6.29. The Morgan fingerprint density at radius 3 is 2.74 bits per heavy atom. The number of aromatic nitrogens is 5. The second-order valence-corrected chi connectivity index (χ2v) is 7.10. The minimum absolute atomic E-state index is 0.0589.